The monoisotopic (exact) mass is 232 g/mol. The van der Waals surface area contributed by atoms with Gasteiger partial charge in [0, 0.05) is 24.8 Å². The number of rotatable bonds is 4. The topological polar surface area (TPSA) is 62.7 Å². The van der Waals surface area contributed by atoms with Crippen LogP contribution in [0.2, 0.25) is 0 Å². The highest BCUT2D eigenvalue weighted by Gasteiger charge is 2.23. The molecule has 0 aliphatic heterocycles. The zero-order valence-electron chi connectivity index (χ0n) is 9.92. The summed E-state index contributed by atoms with van der Waals surface area (Å²) >= 11 is 0. The normalized spacial score (nSPS) is 12.6. The third-order valence-electron chi connectivity index (χ3n) is 2.59. The van der Waals surface area contributed by atoms with Gasteiger partial charge in [-0.1, -0.05) is 13.8 Å². The summed E-state index contributed by atoms with van der Waals surface area (Å²) in [7, 11) is 0. The lowest BCUT2D eigenvalue weighted by molar-refractivity contribution is -0.120. The molecular weight excluding hydrogens is 216 g/mol. The number of amides is 1. The van der Waals surface area contributed by atoms with Gasteiger partial charge < -0.3 is 9.55 Å². The number of aromatic nitrogens is 3. The van der Waals surface area contributed by atoms with Crippen LogP contribution in [0.1, 0.15) is 19.9 Å². The Kier molecular flexibility index (Phi) is 3.27. The molecule has 0 spiro atoms. The summed E-state index contributed by atoms with van der Waals surface area (Å²) < 4.78 is 1.91. The molecule has 0 aliphatic carbocycles. The van der Waals surface area contributed by atoms with Crippen LogP contribution in [0.25, 0.3) is 0 Å². The van der Waals surface area contributed by atoms with Crippen LogP contribution in [0.15, 0.2) is 36.9 Å². The van der Waals surface area contributed by atoms with E-state index in [9.17, 15) is 4.79 Å². The molecule has 90 valence electrons. The van der Waals surface area contributed by atoms with Crippen molar-refractivity contribution in [3.63, 3.8) is 0 Å². The summed E-state index contributed by atoms with van der Waals surface area (Å²) in [4.78, 5) is 19.0. The summed E-state index contributed by atoms with van der Waals surface area (Å²) in [5.41, 5.74) is 0. The van der Waals surface area contributed by atoms with Gasteiger partial charge in [-0.3, -0.25) is 10.1 Å². The van der Waals surface area contributed by atoms with Gasteiger partial charge in [0.05, 0.1) is 0 Å². The Hall–Kier alpha value is -2.04. The lowest BCUT2D eigenvalue weighted by Gasteiger charge is -2.21. The van der Waals surface area contributed by atoms with E-state index >= 15 is 0 Å². The lowest BCUT2D eigenvalue weighted by Crippen LogP contribution is -2.29. The van der Waals surface area contributed by atoms with Crippen molar-refractivity contribution in [3.8, 4) is 0 Å². The summed E-state index contributed by atoms with van der Waals surface area (Å²) in [6.45, 7) is 4.04. The van der Waals surface area contributed by atoms with Crippen LogP contribution in [-0.4, -0.2) is 20.4 Å². The number of carbonyl (C=O) groups is 1. The summed E-state index contributed by atoms with van der Waals surface area (Å²) in [6.07, 6.45) is 7.07. The zero-order valence-corrected chi connectivity index (χ0v) is 9.92. The molecule has 1 amide bonds. The molecule has 0 fully saturated rings. The molecule has 5 nitrogen and oxygen atoms in total. The van der Waals surface area contributed by atoms with E-state index in [0.717, 1.165) is 0 Å². The number of H-pyrrole nitrogens is 1. The Labute approximate surface area is 99.9 Å². The van der Waals surface area contributed by atoms with Crippen molar-refractivity contribution in [1.82, 2.24) is 14.5 Å². The minimum Gasteiger partial charge on any atom is -0.342 e. The van der Waals surface area contributed by atoms with Gasteiger partial charge in [0.2, 0.25) is 11.9 Å². The molecule has 0 aromatic carbocycles. The molecule has 2 heterocycles. The average molecular weight is 232 g/mol. The van der Waals surface area contributed by atoms with Gasteiger partial charge in [0.15, 0.2) is 0 Å². The number of aromatic amines is 1. The summed E-state index contributed by atoms with van der Waals surface area (Å²) in [5, 5.41) is 2.77. The second-order valence-corrected chi connectivity index (χ2v) is 4.25. The number of nitrogens with one attached hydrogen (secondary N) is 2. The van der Waals surface area contributed by atoms with E-state index in [4.69, 9.17) is 0 Å². The highest BCUT2D eigenvalue weighted by atomic mass is 16.2. The first-order valence-electron chi connectivity index (χ1n) is 5.61. The molecule has 2 N–H and O–H groups in total. The highest BCUT2D eigenvalue weighted by molar-refractivity contribution is 5.92. The fourth-order valence-electron chi connectivity index (χ4n) is 1.84. The maximum Gasteiger partial charge on any atom is 0.249 e. The van der Waals surface area contributed by atoms with E-state index in [-0.39, 0.29) is 17.9 Å². The zero-order chi connectivity index (χ0) is 12.3. The SMILES string of the molecule is CC(C)[C@H](C(=O)Nc1ncc[nH]1)n1cccc1. The summed E-state index contributed by atoms with van der Waals surface area (Å²) in [6, 6.07) is 3.60. The fraction of sp³-hybridized carbons (Fsp3) is 0.333. The van der Waals surface area contributed by atoms with E-state index in [2.05, 4.69) is 15.3 Å². The maximum atomic E-state index is 12.2. The van der Waals surface area contributed by atoms with Crippen LogP contribution in [0.4, 0.5) is 5.95 Å². The number of hydrogen-bond donors (Lipinski definition) is 2. The van der Waals surface area contributed by atoms with Gasteiger partial charge in [-0.25, -0.2) is 4.98 Å². The van der Waals surface area contributed by atoms with Gasteiger partial charge in [-0.15, -0.1) is 0 Å². The second-order valence-electron chi connectivity index (χ2n) is 4.25. The third-order valence-corrected chi connectivity index (χ3v) is 2.59. The molecule has 17 heavy (non-hydrogen) atoms. The fourth-order valence-corrected chi connectivity index (χ4v) is 1.84. The smallest absolute Gasteiger partial charge is 0.249 e. The highest BCUT2D eigenvalue weighted by Crippen LogP contribution is 2.19. The molecule has 2 aromatic heterocycles. The van der Waals surface area contributed by atoms with Crippen molar-refractivity contribution in [2.45, 2.75) is 19.9 Å². The van der Waals surface area contributed by atoms with Crippen LogP contribution in [-0.2, 0) is 4.79 Å². The Balaban J connectivity index is 2.14. The Bertz CT molecular complexity index is 459. The standard InChI is InChI=1S/C12H16N4O/c1-9(2)10(16-7-3-4-8-16)11(17)15-12-13-5-6-14-12/h3-10H,1-2H3,(H2,13,14,15,17)/t10-/m1/s1. The van der Waals surface area contributed by atoms with E-state index in [1.807, 2.05) is 42.9 Å². The predicted octanol–water partition coefficient (Wildman–Crippen LogP) is 2.05. The van der Waals surface area contributed by atoms with Crippen molar-refractivity contribution in [3.05, 3.63) is 36.9 Å². The quantitative estimate of drug-likeness (QED) is 0.847. The molecule has 1 atom stereocenters. The molecule has 0 bridgehead atoms. The number of imidazole rings is 1. The first kappa shape index (κ1) is 11.4. The largest absolute Gasteiger partial charge is 0.342 e. The minimum absolute atomic E-state index is 0.0637. The maximum absolute atomic E-state index is 12.2. The Morgan fingerprint density at radius 2 is 2.12 bits per heavy atom. The van der Waals surface area contributed by atoms with Gasteiger partial charge >= 0.3 is 0 Å². The predicted molar refractivity (Wildman–Crippen MR) is 65.5 cm³/mol. The van der Waals surface area contributed by atoms with Crippen LogP contribution in [0.5, 0.6) is 0 Å². The number of hydrogen-bond acceptors (Lipinski definition) is 2. The third kappa shape index (κ3) is 2.55. The van der Waals surface area contributed by atoms with Crippen LogP contribution < -0.4 is 5.32 Å². The van der Waals surface area contributed by atoms with Gasteiger partial charge in [-0.05, 0) is 18.1 Å². The number of nitrogens with zero attached hydrogens (tertiary/aromatic N) is 2. The van der Waals surface area contributed by atoms with Gasteiger partial charge in [0.25, 0.3) is 0 Å². The first-order valence-corrected chi connectivity index (χ1v) is 5.61. The average Bonchev–Trinajstić information content (AvgIpc) is 2.89. The molecule has 0 saturated carbocycles. The van der Waals surface area contributed by atoms with Crippen molar-refractivity contribution < 1.29 is 4.79 Å². The Morgan fingerprint density at radius 3 is 2.65 bits per heavy atom. The van der Waals surface area contributed by atoms with Crippen LogP contribution in [0.3, 0.4) is 0 Å². The molecule has 0 saturated heterocycles. The van der Waals surface area contributed by atoms with Crippen LogP contribution >= 0.6 is 0 Å². The molecule has 5 heteroatoms. The first-order chi connectivity index (χ1) is 8.18. The molecule has 0 radical (unpaired) electrons. The minimum atomic E-state index is -0.227. The van der Waals surface area contributed by atoms with Crippen molar-refractivity contribution in [2.24, 2.45) is 5.92 Å². The number of carbonyl (C=O) groups excluding carboxylic acids is 1. The van der Waals surface area contributed by atoms with Crippen molar-refractivity contribution >= 4 is 11.9 Å². The molecule has 2 rings (SSSR count). The van der Waals surface area contributed by atoms with E-state index in [1.165, 1.54) is 0 Å². The van der Waals surface area contributed by atoms with E-state index in [1.54, 1.807) is 12.4 Å². The lowest BCUT2D eigenvalue weighted by atomic mass is 10.0. The van der Waals surface area contributed by atoms with Gasteiger partial charge in [-0.2, -0.15) is 0 Å². The molecule has 2 aromatic rings. The molecule has 0 aliphatic rings. The Morgan fingerprint density at radius 1 is 1.41 bits per heavy atom. The van der Waals surface area contributed by atoms with Crippen molar-refractivity contribution in [2.75, 3.05) is 5.32 Å². The molecular formula is C12H16N4O. The van der Waals surface area contributed by atoms with E-state index in [0.29, 0.717) is 5.95 Å². The molecule has 0 unspecified atom stereocenters. The van der Waals surface area contributed by atoms with Crippen molar-refractivity contribution in [1.29, 1.82) is 0 Å². The van der Waals surface area contributed by atoms with E-state index < -0.39 is 0 Å². The number of anilines is 1. The summed E-state index contributed by atoms with van der Waals surface area (Å²) in [5.74, 6) is 0.622. The second kappa shape index (κ2) is 4.86. The van der Waals surface area contributed by atoms with Gasteiger partial charge in [0.1, 0.15) is 6.04 Å². The van der Waals surface area contributed by atoms with Crippen LogP contribution in [0, 0.1) is 5.92 Å².